The lowest BCUT2D eigenvalue weighted by Crippen LogP contribution is -2.49. The second-order valence-corrected chi connectivity index (χ2v) is 8.15. The summed E-state index contributed by atoms with van der Waals surface area (Å²) in [6.45, 7) is 5.81. The van der Waals surface area contributed by atoms with Crippen molar-refractivity contribution in [1.29, 1.82) is 0 Å². The Kier molecular flexibility index (Phi) is 8.90. The van der Waals surface area contributed by atoms with Crippen LogP contribution in [0, 0.1) is 0 Å². The summed E-state index contributed by atoms with van der Waals surface area (Å²) < 4.78 is 20.7. The predicted octanol–water partition coefficient (Wildman–Crippen LogP) is 2.10. The molecule has 0 aliphatic carbocycles. The van der Waals surface area contributed by atoms with Gasteiger partial charge in [0.15, 0.2) is 18.3 Å². The third-order valence-electron chi connectivity index (χ3n) is 4.44. The smallest absolute Gasteiger partial charge is 0.493 e. The SMILES string of the molecule is COCOc1ccc(C(=O)N[C@@H]2CN(OC(=O)OC(C)(C)C)CCC[C@H]2O)cc1OC. The van der Waals surface area contributed by atoms with Crippen molar-refractivity contribution in [2.45, 2.75) is 51.4 Å². The molecule has 1 heterocycles. The first-order valence-electron chi connectivity index (χ1n) is 10.1. The lowest BCUT2D eigenvalue weighted by atomic mass is 10.1. The van der Waals surface area contributed by atoms with E-state index in [9.17, 15) is 14.7 Å². The maximum Gasteiger partial charge on any atom is 0.528 e. The van der Waals surface area contributed by atoms with Gasteiger partial charge in [-0.1, -0.05) is 0 Å². The summed E-state index contributed by atoms with van der Waals surface area (Å²) in [5.41, 5.74) is -0.355. The summed E-state index contributed by atoms with van der Waals surface area (Å²) in [5.74, 6) is 0.410. The van der Waals surface area contributed by atoms with Crippen LogP contribution in [0.15, 0.2) is 18.2 Å². The van der Waals surface area contributed by atoms with E-state index >= 15 is 0 Å². The molecule has 1 saturated heterocycles. The van der Waals surface area contributed by atoms with Crippen LogP contribution in [0.4, 0.5) is 4.79 Å². The molecular weight excluding hydrogens is 408 g/mol. The van der Waals surface area contributed by atoms with Crippen LogP contribution in [0.25, 0.3) is 0 Å². The number of rotatable bonds is 7. The fourth-order valence-electron chi connectivity index (χ4n) is 3.01. The van der Waals surface area contributed by atoms with Crippen molar-refractivity contribution in [1.82, 2.24) is 10.4 Å². The fourth-order valence-corrected chi connectivity index (χ4v) is 3.01. The van der Waals surface area contributed by atoms with Gasteiger partial charge in [0.2, 0.25) is 0 Å². The van der Waals surface area contributed by atoms with Crippen molar-refractivity contribution in [3.05, 3.63) is 23.8 Å². The number of hydrogen-bond donors (Lipinski definition) is 2. The van der Waals surface area contributed by atoms with Crippen LogP contribution >= 0.6 is 0 Å². The minimum atomic E-state index is -0.828. The Balaban J connectivity index is 2.05. The van der Waals surface area contributed by atoms with Gasteiger partial charge in [-0.25, -0.2) is 4.79 Å². The highest BCUT2D eigenvalue weighted by molar-refractivity contribution is 5.95. The molecule has 1 aromatic carbocycles. The Bertz CT molecular complexity index is 749. The van der Waals surface area contributed by atoms with E-state index in [0.29, 0.717) is 36.4 Å². The van der Waals surface area contributed by atoms with Crippen LogP contribution < -0.4 is 14.8 Å². The minimum Gasteiger partial charge on any atom is -0.493 e. The first-order valence-corrected chi connectivity index (χ1v) is 10.1. The standard InChI is InChI=1S/C21H32N2O8/c1-21(2,3)30-20(26)31-23-10-6-7-16(24)15(12-23)22-19(25)14-8-9-17(29-13-27-4)18(11-14)28-5/h8-9,11,15-16,24H,6-7,10,12-13H2,1-5H3,(H,22,25)/t15-,16-/m1/s1. The van der Waals surface area contributed by atoms with Crippen molar-refractivity contribution >= 4 is 12.1 Å². The zero-order valence-corrected chi connectivity index (χ0v) is 18.7. The van der Waals surface area contributed by atoms with Gasteiger partial charge in [0, 0.05) is 19.2 Å². The van der Waals surface area contributed by atoms with Gasteiger partial charge in [-0.2, -0.15) is 0 Å². The average Bonchev–Trinajstić information content (AvgIpc) is 2.85. The van der Waals surface area contributed by atoms with E-state index in [2.05, 4.69) is 5.32 Å². The molecule has 10 heteroatoms. The number of carbonyl (C=O) groups excluding carboxylic acids is 2. The largest absolute Gasteiger partial charge is 0.528 e. The Morgan fingerprint density at radius 2 is 1.97 bits per heavy atom. The second-order valence-electron chi connectivity index (χ2n) is 8.15. The summed E-state index contributed by atoms with van der Waals surface area (Å²) in [6.07, 6.45) is -0.574. The number of aliphatic hydroxyl groups is 1. The molecule has 0 saturated carbocycles. The maximum absolute atomic E-state index is 12.8. The van der Waals surface area contributed by atoms with Gasteiger partial charge in [-0.05, 0) is 51.8 Å². The van der Waals surface area contributed by atoms with Crippen LogP contribution in [-0.4, -0.2) is 74.1 Å². The van der Waals surface area contributed by atoms with Gasteiger partial charge in [0.1, 0.15) is 5.60 Å². The third-order valence-corrected chi connectivity index (χ3v) is 4.44. The van der Waals surface area contributed by atoms with Crippen molar-refractivity contribution in [2.75, 3.05) is 34.1 Å². The van der Waals surface area contributed by atoms with Crippen LogP contribution in [0.2, 0.25) is 0 Å². The summed E-state index contributed by atoms with van der Waals surface area (Å²) >= 11 is 0. The van der Waals surface area contributed by atoms with E-state index in [1.165, 1.54) is 19.3 Å². The van der Waals surface area contributed by atoms with Gasteiger partial charge in [-0.3, -0.25) is 4.79 Å². The Labute approximate surface area is 182 Å². The average molecular weight is 440 g/mol. The zero-order chi connectivity index (χ0) is 23.0. The Hall–Kier alpha value is -2.56. The zero-order valence-electron chi connectivity index (χ0n) is 18.7. The number of nitrogens with one attached hydrogen (secondary N) is 1. The van der Waals surface area contributed by atoms with E-state index < -0.39 is 29.8 Å². The molecule has 0 bridgehead atoms. The number of aliphatic hydroxyl groups excluding tert-OH is 1. The Morgan fingerprint density at radius 3 is 2.61 bits per heavy atom. The normalized spacial score (nSPS) is 19.8. The number of nitrogens with zero attached hydrogens (tertiary/aromatic N) is 1. The molecule has 31 heavy (non-hydrogen) atoms. The number of ether oxygens (including phenoxy) is 4. The van der Waals surface area contributed by atoms with Gasteiger partial charge in [-0.15, -0.1) is 5.06 Å². The van der Waals surface area contributed by atoms with Gasteiger partial charge < -0.3 is 34.2 Å². The molecule has 1 fully saturated rings. The van der Waals surface area contributed by atoms with Crippen molar-refractivity contribution in [3.8, 4) is 11.5 Å². The Morgan fingerprint density at radius 1 is 1.23 bits per heavy atom. The van der Waals surface area contributed by atoms with Crippen LogP contribution in [-0.2, 0) is 14.3 Å². The summed E-state index contributed by atoms with van der Waals surface area (Å²) in [5, 5.41) is 14.7. The van der Waals surface area contributed by atoms with Crippen LogP contribution in [0.3, 0.4) is 0 Å². The molecular formula is C21H32N2O8. The quantitative estimate of drug-likeness (QED) is 0.486. The summed E-state index contributed by atoms with van der Waals surface area (Å²) in [6, 6.07) is 4.08. The number of hydroxylamine groups is 2. The first-order chi connectivity index (χ1) is 14.6. The molecule has 0 aromatic heterocycles. The molecule has 10 nitrogen and oxygen atoms in total. The van der Waals surface area contributed by atoms with E-state index in [1.807, 2.05) is 0 Å². The van der Waals surface area contributed by atoms with E-state index in [4.69, 9.17) is 23.8 Å². The molecule has 1 aliphatic rings. The molecule has 1 amide bonds. The molecule has 0 spiro atoms. The third kappa shape index (κ3) is 7.89. The minimum absolute atomic E-state index is 0.0453. The predicted molar refractivity (Wildman–Crippen MR) is 111 cm³/mol. The van der Waals surface area contributed by atoms with Gasteiger partial charge in [0.05, 0.1) is 25.8 Å². The molecule has 2 N–H and O–H groups in total. The fraction of sp³-hybridized carbons (Fsp3) is 0.619. The monoisotopic (exact) mass is 440 g/mol. The molecule has 2 rings (SSSR count). The highest BCUT2D eigenvalue weighted by atomic mass is 16.8. The summed E-state index contributed by atoms with van der Waals surface area (Å²) in [4.78, 5) is 30.0. The number of carbonyl (C=O) groups is 2. The van der Waals surface area contributed by atoms with Gasteiger partial charge in [0.25, 0.3) is 5.91 Å². The van der Waals surface area contributed by atoms with Gasteiger partial charge >= 0.3 is 6.16 Å². The van der Waals surface area contributed by atoms with Crippen molar-refractivity contribution in [3.63, 3.8) is 0 Å². The number of amides is 1. The molecule has 1 aromatic rings. The van der Waals surface area contributed by atoms with Crippen molar-refractivity contribution in [2.24, 2.45) is 0 Å². The van der Waals surface area contributed by atoms with E-state index in [0.717, 1.165) is 0 Å². The maximum atomic E-state index is 12.8. The first kappa shape index (κ1) is 24.7. The molecule has 0 unspecified atom stereocenters. The highest BCUT2D eigenvalue weighted by Crippen LogP contribution is 2.28. The van der Waals surface area contributed by atoms with E-state index in [1.54, 1.807) is 39.0 Å². The second kappa shape index (κ2) is 11.2. The number of hydrogen-bond acceptors (Lipinski definition) is 9. The highest BCUT2D eigenvalue weighted by Gasteiger charge is 2.30. The lowest BCUT2D eigenvalue weighted by Gasteiger charge is -2.27. The van der Waals surface area contributed by atoms with Crippen LogP contribution in [0.1, 0.15) is 44.0 Å². The molecule has 0 radical (unpaired) electrons. The molecule has 174 valence electrons. The molecule has 1 aliphatic heterocycles. The topological polar surface area (TPSA) is 116 Å². The number of benzene rings is 1. The number of methoxy groups -OCH3 is 2. The van der Waals surface area contributed by atoms with Crippen LogP contribution in [0.5, 0.6) is 11.5 Å². The molecule has 2 atom stereocenters. The summed E-state index contributed by atoms with van der Waals surface area (Å²) in [7, 11) is 2.97. The lowest BCUT2D eigenvalue weighted by molar-refractivity contribution is -0.144. The van der Waals surface area contributed by atoms with E-state index in [-0.39, 0.29) is 13.3 Å². The van der Waals surface area contributed by atoms with Crippen molar-refractivity contribution < 1.29 is 38.5 Å².